The molecule has 0 bridgehead atoms. The van der Waals surface area contributed by atoms with Gasteiger partial charge in [0, 0.05) is 35.8 Å². The Morgan fingerprint density at radius 3 is 2.80 bits per heavy atom. The monoisotopic (exact) mass is 317 g/mol. The molecule has 1 aromatic rings. The Morgan fingerprint density at radius 2 is 2.15 bits per heavy atom. The molecular formula is C14H20ClNO3S. The Labute approximate surface area is 125 Å². The van der Waals surface area contributed by atoms with E-state index in [1.54, 1.807) is 0 Å². The summed E-state index contributed by atoms with van der Waals surface area (Å²) in [6, 6.07) is 3.78. The third-order valence-electron chi connectivity index (χ3n) is 3.54. The van der Waals surface area contributed by atoms with E-state index >= 15 is 0 Å². The van der Waals surface area contributed by atoms with Crippen molar-refractivity contribution in [2.45, 2.75) is 25.9 Å². The number of fused-ring (bicyclic) bond motifs is 1. The Hall–Kier alpha value is -0.780. The number of sulfone groups is 1. The van der Waals surface area contributed by atoms with Gasteiger partial charge < -0.3 is 4.74 Å². The van der Waals surface area contributed by atoms with Crippen LogP contribution in [0.2, 0.25) is 5.02 Å². The first-order valence-electron chi connectivity index (χ1n) is 6.58. The molecule has 0 aromatic heterocycles. The van der Waals surface area contributed by atoms with Crippen molar-refractivity contribution in [2.24, 2.45) is 0 Å². The van der Waals surface area contributed by atoms with Crippen LogP contribution in [0, 0.1) is 0 Å². The van der Waals surface area contributed by atoms with Gasteiger partial charge in [0.15, 0.2) is 0 Å². The summed E-state index contributed by atoms with van der Waals surface area (Å²) < 4.78 is 28.4. The number of benzene rings is 1. The summed E-state index contributed by atoms with van der Waals surface area (Å²) in [5.74, 6) is 1.06. The van der Waals surface area contributed by atoms with Gasteiger partial charge in [0.05, 0.1) is 12.4 Å². The summed E-state index contributed by atoms with van der Waals surface area (Å²) in [4.78, 5) is 2.01. The van der Waals surface area contributed by atoms with Crippen molar-refractivity contribution in [2.75, 3.05) is 25.7 Å². The van der Waals surface area contributed by atoms with E-state index in [-0.39, 0.29) is 11.8 Å². The highest BCUT2D eigenvalue weighted by atomic mass is 35.5. The molecule has 0 saturated heterocycles. The molecule has 0 radical (unpaired) electrons. The van der Waals surface area contributed by atoms with Gasteiger partial charge in [-0.2, -0.15) is 0 Å². The average Bonchev–Trinajstić information content (AvgIpc) is 2.74. The minimum absolute atomic E-state index is 0.0546. The lowest BCUT2D eigenvalue weighted by Gasteiger charge is -2.25. The fraction of sp³-hybridized carbons (Fsp3) is 0.571. The highest BCUT2D eigenvalue weighted by Crippen LogP contribution is 2.33. The van der Waals surface area contributed by atoms with E-state index < -0.39 is 9.84 Å². The number of halogens is 1. The second kappa shape index (κ2) is 5.92. The molecule has 6 heteroatoms. The van der Waals surface area contributed by atoms with Crippen LogP contribution < -0.4 is 4.74 Å². The highest BCUT2D eigenvalue weighted by Gasteiger charge is 2.21. The molecule has 1 aliphatic heterocycles. The average molecular weight is 318 g/mol. The maximum absolute atomic E-state index is 11.4. The lowest BCUT2D eigenvalue weighted by molar-refractivity contribution is 0.261. The first-order chi connectivity index (χ1) is 9.26. The van der Waals surface area contributed by atoms with Crippen LogP contribution in [0.25, 0.3) is 0 Å². The molecule has 1 atom stereocenters. The van der Waals surface area contributed by atoms with Crippen molar-refractivity contribution in [3.63, 3.8) is 0 Å². The smallest absolute Gasteiger partial charge is 0.148 e. The second-order valence-corrected chi connectivity index (χ2v) is 8.13. The maximum atomic E-state index is 11.4. The predicted octanol–water partition coefficient (Wildman–Crippen LogP) is 2.14. The normalized spacial score (nSPS) is 16.1. The van der Waals surface area contributed by atoms with Gasteiger partial charge in [-0.1, -0.05) is 11.6 Å². The predicted molar refractivity (Wildman–Crippen MR) is 81.3 cm³/mol. The van der Waals surface area contributed by atoms with Crippen molar-refractivity contribution in [1.82, 2.24) is 4.90 Å². The summed E-state index contributed by atoms with van der Waals surface area (Å²) in [6.07, 6.45) is 2.14. The SMILES string of the molecule is CC(CS(C)(=O)=O)N(C)Cc1cc(Cl)cc2c1OCC2. The standard InChI is InChI=1S/C14H20ClNO3S/c1-10(9-20(3,17)18)16(2)8-12-7-13(15)6-11-4-5-19-14(11)12/h6-7,10H,4-5,8-9H2,1-3H3. The minimum Gasteiger partial charge on any atom is -0.493 e. The molecule has 0 N–H and O–H groups in total. The molecule has 1 unspecified atom stereocenters. The van der Waals surface area contributed by atoms with Crippen LogP contribution in [0.5, 0.6) is 5.75 Å². The zero-order chi connectivity index (χ0) is 14.9. The molecule has 1 heterocycles. The Balaban J connectivity index is 2.14. The van der Waals surface area contributed by atoms with E-state index in [2.05, 4.69) is 0 Å². The lowest BCUT2D eigenvalue weighted by atomic mass is 10.1. The number of nitrogens with zero attached hydrogens (tertiary/aromatic N) is 1. The van der Waals surface area contributed by atoms with Gasteiger partial charge in [0.25, 0.3) is 0 Å². The first-order valence-corrected chi connectivity index (χ1v) is 9.02. The van der Waals surface area contributed by atoms with Crippen LogP contribution >= 0.6 is 11.6 Å². The van der Waals surface area contributed by atoms with Crippen molar-refractivity contribution in [3.05, 3.63) is 28.3 Å². The lowest BCUT2D eigenvalue weighted by Crippen LogP contribution is -2.34. The number of hydrogen-bond acceptors (Lipinski definition) is 4. The van der Waals surface area contributed by atoms with Crippen molar-refractivity contribution in [3.8, 4) is 5.75 Å². The zero-order valence-corrected chi connectivity index (χ0v) is 13.6. The number of hydrogen-bond donors (Lipinski definition) is 0. The van der Waals surface area contributed by atoms with Crippen LogP contribution in [-0.2, 0) is 22.8 Å². The Bertz CT molecular complexity index is 601. The minimum atomic E-state index is -2.98. The number of ether oxygens (including phenoxy) is 1. The fourth-order valence-electron chi connectivity index (χ4n) is 2.45. The summed E-state index contributed by atoms with van der Waals surface area (Å²) in [5, 5.41) is 0.702. The molecule has 1 aliphatic rings. The van der Waals surface area contributed by atoms with Gasteiger partial charge >= 0.3 is 0 Å². The van der Waals surface area contributed by atoms with Crippen LogP contribution in [0.3, 0.4) is 0 Å². The van der Waals surface area contributed by atoms with Crippen LogP contribution in [0.1, 0.15) is 18.1 Å². The van der Waals surface area contributed by atoms with Gasteiger partial charge in [-0.3, -0.25) is 4.90 Å². The van der Waals surface area contributed by atoms with E-state index in [1.807, 2.05) is 31.0 Å². The van der Waals surface area contributed by atoms with E-state index in [0.29, 0.717) is 18.2 Å². The van der Waals surface area contributed by atoms with Gasteiger partial charge in [-0.15, -0.1) is 0 Å². The third kappa shape index (κ3) is 3.87. The van der Waals surface area contributed by atoms with E-state index in [0.717, 1.165) is 23.3 Å². The topological polar surface area (TPSA) is 46.6 Å². The molecule has 0 amide bonds. The molecule has 0 saturated carbocycles. The summed E-state index contributed by atoms with van der Waals surface area (Å²) >= 11 is 6.13. The maximum Gasteiger partial charge on any atom is 0.148 e. The fourth-order valence-corrected chi connectivity index (χ4v) is 3.85. The summed E-state index contributed by atoms with van der Waals surface area (Å²) in [6.45, 7) is 3.22. The Kier molecular flexibility index (Phi) is 4.62. The van der Waals surface area contributed by atoms with Gasteiger partial charge in [0.2, 0.25) is 0 Å². The second-order valence-electron chi connectivity index (χ2n) is 5.51. The van der Waals surface area contributed by atoms with Gasteiger partial charge in [0.1, 0.15) is 15.6 Å². The van der Waals surface area contributed by atoms with Crippen LogP contribution in [0.15, 0.2) is 12.1 Å². The summed E-state index contributed by atoms with van der Waals surface area (Å²) in [7, 11) is -1.06. The Morgan fingerprint density at radius 1 is 1.45 bits per heavy atom. The highest BCUT2D eigenvalue weighted by molar-refractivity contribution is 7.90. The molecular weight excluding hydrogens is 298 g/mol. The van der Waals surface area contributed by atoms with E-state index in [9.17, 15) is 8.42 Å². The zero-order valence-electron chi connectivity index (χ0n) is 12.0. The molecule has 20 heavy (non-hydrogen) atoms. The molecule has 0 fully saturated rings. The third-order valence-corrected chi connectivity index (χ3v) is 4.85. The molecule has 0 spiro atoms. The van der Waals surface area contributed by atoms with Gasteiger partial charge in [-0.05, 0) is 31.7 Å². The van der Waals surface area contributed by atoms with Crippen LogP contribution in [-0.4, -0.2) is 45.0 Å². The quantitative estimate of drug-likeness (QED) is 0.835. The first kappa shape index (κ1) is 15.6. The van der Waals surface area contributed by atoms with Crippen molar-refractivity contribution in [1.29, 1.82) is 0 Å². The summed E-state index contributed by atoms with van der Waals surface area (Å²) in [5.41, 5.74) is 2.16. The van der Waals surface area contributed by atoms with Crippen molar-refractivity contribution < 1.29 is 13.2 Å². The van der Waals surface area contributed by atoms with Crippen LogP contribution in [0.4, 0.5) is 0 Å². The van der Waals surface area contributed by atoms with Gasteiger partial charge in [-0.25, -0.2) is 8.42 Å². The number of rotatable bonds is 5. The van der Waals surface area contributed by atoms with E-state index in [4.69, 9.17) is 16.3 Å². The van der Waals surface area contributed by atoms with Crippen molar-refractivity contribution >= 4 is 21.4 Å². The molecule has 1 aromatic carbocycles. The van der Waals surface area contributed by atoms with E-state index in [1.165, 1.54) is 6.26 Å². The molecule has 2 rings (SSSR count). The molecule has 0 aliphatic carbocycles. The molecule has 112 valence electrons. The largest absolute Gasteiger partial charge is 0.493 e. The molecule has 4 nitrogen and oxygen atoms in total.